The van der Waals surface area contributed by atoms with Gasteiger partial charge in [-0.2, -0.15) is 0 Å². The Labute approximate surface area is 184 Å². The molecule has 2 N–H and O–H groups in total. The summed E-state index contributed by atoms with van der Waals surface area (Å²) in [7, 11) is -3.25. The quantitative estimate of drug-likeness (QED) is 0.699. The molecule has 0 fully saturated rings. The van der Waals surface area contributed by atoms with Crippen LogP contribution in [-0.2, 0) is 9.84 Å². The molecule has 1 heterocycles. The van der Waals surface area contributed by atoms with Gasteiger partial charge < -0.3 is 20.1 Å². The van der Waals surface area contributed by atoms with Gasteiger partial charge in [0.1, 0.15) is 0 Å². The van der Waals surface area contributed by atoms with Crippen LogP contribution in [0.25, 0.3) is 0 Å². The van der Waals surface area contributed by atoms with Gasteiger partial charge >= 0.3 is 6.03 Å². The van der Waals surface area contributed by atoms with Crippen LogP contribution in [0, 0.1) is 5.92 Å². The second-order valence-electron chi connectivity index (χ2n) is 8.16. The van der Waals surface area contributed by atoms with Gasteiger partial charge in [0.25, 0.3) is 0 Å². The standard InChI is InChI=1S/C23H30N2O5S/c1-15(2)22(18-8-11-20-21(14-18)30-13-5-12-29-20)25-23(26)24-16(3)17-6-9-19(10-7-17)31(4,27)28/h6-11,14-16,22H,5,12-13H2,1-4H3,(H2,24,25,26)/t16-,22-/m1/s1. The Morgan fingerprint density at radius 1 is 0.903 bits per heavy atom. The smallest absolute Gasteiger partial charge is 0.315 e. The fourth-order valence-electron chi connectivity index (χ4n) is 3.47. The predicted octanol–water partition coefficient (Wildman–Crippen LogP) is 4.01. The first-order valence-electron chi connectivity index (χ1n) is 10.4. The SMILES string of the molecule is CC(C)[C@@H](NC(=O)N[C@H](C)c1ccc(S(C)(=O)=O)cc1)c1ccc2c(c1)OCCCO2. The van der Waals surface area contributed by atoms with Crippen LogP contribution in [0.3, 0.4) is 0 Å². The zero-order valence-electron chi connectivity index (χ0n) is 18.3. The molecule has 0 spiro atoms. The highest BCUT2D eigenvalue weighted by Crippen LogP contribution is 2.34. The fraction of sp³-hybridized carbons (Fsp3) is 0.435. The van der Waals surface area contributed by atoms with Crippen LogP contribution in [0.5, 0.6) is 11.5 Å². The molecule has 0 bridgehead atoms. The van der Waals surface area contributed by atoms with Crippen molar-refractivity contribution in [3.05, 3.63) is 53.6 Å². The first-order chi connectivity index (χ1) is 14.6. The summed E-state index contributed by atoms with van der Waals surface area (Å²) in [6.45, 7) is 7.17. The molecular weight excluding hydrogens is 416 g/mol. The maximum Gasteiger partial charge on any atom is 0.315 e. The third-order valence-corrected chi connectivity index (χ3v) is 6.37. The van der Waals surface area contributed by atoms with E-state index in [9.17, 15) is 13.2 Å². The van der Waals surface area contributed by atoms with E-state index in [4.69, 9.17) is 9.47 Å². The zero-order chi connectivity index (χ0) is 22.6. The lowest BCUT2D eigenvalue weighted by atomic mass is 9.95. The molecule has 3 rings (SSSR count). The van der Waals surface area contributed by atoms with E-state index in [1.807, 2.05) is 39.0 Å². The maximum atomic E-state index is 12.7. The Hall–Kier alpha value is -2.74. The summed E-state index contributed by atoms with van der Waals surface area (Å²) in [6, 6.07) is 11.5. The monoisotopic (exact) mass is 446 g/mol. The Morgan fingerprint density at radius 2 is 1.52 bits per heavy atom. The molecule has 1 aliphatic rings. The average molecular weight is 447 g/mol. The molecule has 1 aliphatic heterocycles. The number of urea groups is 1. The van der Waals surface area contributed by atoms with Crippen molar-refractivity contribution in [1.82, 2.24) is 10.6 Å². The second kappa shape index (κ2) is 9.60. The summed E-state index contributed by atoms with van der Waals surface area (Å²) < 4.78 is 34.7. The van der Waals surface area contributed by atoms with E-state index < -0.39 is 9.84 Å². The molecule has 7 nitrogen and oxygen atoms in total. The number of sulfone groups is 1. The Balaban J connectivity index is 1.69. The molecule has 31 heavy (non-hydrogen) atoms. The zero-order valence-corrected chi connectivity index (χ0v) is 19.2. The molecule has 2 aromatic carbocycles. The molecule has 0 radical (unpaired) electrons. The number of rotatable bonds is 6. The van der Waals surface area contributed by atoms with E-state index in [-0.39, 0.29) is 28.9 Å². The van der Waals surface area contributed by atoms with E-state index in [1.165, 1.54) is 6.26 Å². The van der Waals surface area contributed by atoms with Gasteiger partial charge in [-0.15, -0.1) is 0 Å². The minimum Gasteiger partial charge on any atom is -0.490 e. The van der Waals surface area contributed by atoms with Gasteiger partial charge in [-0.3, -0.25) is 0 Å². The van der Waals surface area contributed by atoms with E-state index in [2.05, 4.69) is 10.6 Å². The van der Waals surface area contributed by atoms with Gasteiger partial charge in [-0.1, -0.05) is 32.0 Å². The Kier molecular flexibility index (Phi) is 7.10. The van der Waals surface area contributed by atoms with E-state index in [0.717, 1.165) is 23.3 Å². The summed E-state index contributed by atoms with van der Waals surface area (Å²) in [5, 5.41) is 5.98. The molecule has 0 saturated carbocycles. The molecule has 0 unspecified atom stereocenters. The number of hydrogen-bond acceptors (Lipinski definition) is 5. The van der Waals surface area contributed by atoms with Crippen LogP contribution in [-0.4, -0.2) is 33.9 Å². The number of amides is 2. The van der Waals surface area contributed by atoms with Gasteiger partial charge in [0, 0.05) is 12.7 Å². The molecular formula is C23H30N2O5S. The van der Waals surface area contributed by atoms with Gasteiger partial charge in [0.05, 0.1) is 30.2 Å². The van der Waals surface area contributed by atoms with Gasteiger partial charge in [0.15, 0.2) is 21.3 Å². The normalized spacial score (nSPS) is 15.6. The highest BCUT2D eigenvalue weighted by atomic mass is 32.2. The van der Waals surface area contributed by atoms with Crippen molar-refractivity contribution in [2.24, 2.45) is 5.92 Å². The van der Waals surface area contributed by atoms with Crippen LogP contribution in [0.1, 0.15) is 50.4 Å². The van der Waals surface area contributed by atoms with Crippen molar-refractivity contribution in [2.75, 3.05) is 19.5 Å². The van der Waals surface area contributed by atoms with Crippen LogP contribution >= 0.6 is 0 Å². The lowest BCUT2D eigenvalue weighted by Crippen LogP contribution is -2.40. The summed E-state index contributed by atoms with van der Waals surface area (Å²) in [6.07, 6.45) is 2.00. The lowest BCUT2D eigenvalue weighted by Gasteiger charge is -2.25. The number of ether oxygens (including phenoxy) is 2. The third kappa shape index (κ3) is 5.91. The maximum absolute atomic E-state index is 12.7. The predicted molar refractivity (Wildman–Crippen MR) is 119 cm³/mol. The van der Waals surface area contributed by atoms with Gasteiger partial charge in [-0.25, -0.2) is 13.2 Å². The van der Waals surface area contributed by atoms with Crippen molar-refractivity contribution in [2.45, 2.75) is 44.2 Å². The van der Waals surface area contributed by atoms with E-state index >= 15 is 0 Å². The van der Waals surface area contributed by atoms with E-state index in [0.29, 0.717) is 19.0 Å². The van der Waals surface area contributed by atoms with Crippen LogP contribution < -0.4 is 20.1 Å². The fourth-order valence-corrected chi connectivity index (χ4v) is 4.11. The number of carbonyl (C=O) groups excluding carboxylic acids is 1. The molecule has 0 aliphatic carbocycles. The summed E-state index contributed by atoms with van der Waals surface area (Å²) in [5.74, 6) is 1.57. The Morgan fingerprint density at radius 3 is 2.13 bits per heavy atom. The molecule has 2 amide bonds. The highest BCUT2D eigenvalue weighted by Gasteiger charge is 2.22. The third-order valence-electron chi connectivity index (χ3n) is 5.24. The number of nitrogens with one attached hydrogen (secondary N) is 2. The topological polar surface area (TPSA) is 93.7 Å². The van der Waals surface area contributed by atoms with Crippen LogP contribution in [0.4, 0.5) is 4.79 Å². The average Bonchev–Trinajstić information content (AvgIpc) is 2.96. The molecule has 2 aromatic rings. The minimum atomic E-state index is -3.25. The largest absolute Gasteiger partial charge is 0.490 e. The molecule has 8 heteroatoms. The van der Waals surface area contributed by atoms with Crippen molar-refractivity contribution in [1.29, 1.82) is 0 Å². The van der Waals surface area contributed by atoms with Crippen molar-refractivity contribution in [3.8, 4) is 11.5 Å². The molecule has 0 aromatic heterocycles. The van der Waals surface area contributed by atoms with Crippen LogP contribution in [0.15, 0.2) is 47.4 Å². The number of hydrogen-bond donors (Lipinski definition) is 2. The van der Waals surface area contributed by atoms with Crippen molar-refractivity contribution < 1.29 is 22.7 Å². The van der Waals surface area contributed by atoms with Crippen LogP contribution in [0.2, 0.25) is 0 Å². The lowest BCUT2D eigenvalue weighted by molar-refractivity contribution is 0.230. The summed E-state index contributed by atoms with van der Waals surface area (Å²) in [4.78, 5) is 13.0. The minimum absolute atomic E-state index is 0.153. The van der Waals surface area contributed by atoms with Gasteiger partial charge in [0.2, 0.25) is 0 Å². The first-order valence-corrected chi connectivity index (χ1v) is 12.3. The molecule has 2 atom stereocenters. The Bertz CT molecular complexity index is 1020. The summed E-state index contributed by atoms with van der Waals surface area (Å²) in [5.41, 5.74) is 1.76. The van der Waals surface area contributed by atoms with Crippen molar-refractivity contribution >= 4 is 15.9 Å². The van der Waals surface area contributed by atoms with Gasteiger partial charge in [-0.05, 0) is 48.2 Å². The number of benzene rings is 2. The van der Waals surface area contributed by atoms with E-state index in [1.54, 1.807) is 24.3 Å². The first kappa shape index (κ1) is 22.9. The van der Waals surface area contributed by atoms with Crippen molar-refractivity contribution in [3.63, 3.8) is 0 Å². The second-order valence-corrected chi connectivity index (χ2v) is 10.2. The molecule has 168 valence electrons. The molecule has 0 saturated heterocycles. The number of fused-ring (bicyclic) bond motifs is 1. The highest BCUT2D eigenvalue weighted by molar-refractivity contribution is 7.90. The summed E-state index contributed by atoms with van der Waals surface area (Å²) >= 11 is 0. The number of carbonyl (C=O) groups is 1.